The maximum absolute atomic E-state index is 2.52. The molecule has 0 radical (unpaired) electrons. The maximum atomic E-state index is 2.52. The van der Waals surface area contributed by atoms with Crippen molar-refractivity contribution in [1.82, 2.24) is 0 Å². The van der Waals surface area contributed by atoms with Crippen LogP contribution in [0.1, 0.15) is 66.8 Å². The Morgan fingerprint density at radius 1 is 0.238 bits per heavy atom. The van der Waals surface area contributed by atoms with Crippen molar-refractivity contribution in [3.05, 3.63) is 358 Å². The van der Waals surface area contributed by atoms with Crippen molar-refractivity contribution in [3.63, 3.8) is 0 Å². The lowest BCUT2D eigenvalue weighted by Crippen LogP contribution is -2.29. The number of para-hydroxylation sites is 1. The minimum atomic E-state index is -0.554. The minimum Gasteiger partial charge on any atom is -0.310 e. The molecule has 0 atom stereocenters. The van der Waals surface area contributed by atoms with Crippen LogP contribution in [0.5, 0.6) is 0 Å². The molecular weight excluding hydrogens is 1010 g/mol. The number of rotatable bonds is 10. The molecule has 2 aliphatic carbocycles. The molecule has 0 spiro atoms. The van der Waals surface area contributed by atoms with Crippen LogP contribution in [0.4, 0.5) is 34.1 Å². The summed E-state index contributed by atoms with van der Waals surface area (Å²) in [5.74, 6) is 0. The standard InChI is InChI=1S/C82H60N2/c1-53-40-42-62(43-41-53)84(64-31-20-26-59(51-64)81(57-23-7-5-8-24-57)73-36-15-11-32-67(73)68-33-12-16-37-74(68)81)78-50-56(4)66-44-46-71-77(49-55(3)65-45-47-72(78)80(66)79(65)71)83(61-28-9-6-10-29-61)63-30-21-27-60(52-63)82(58-25-19-22-54(2)48-58)75-38-17-13-34-69(75)70-35-14-18-39-76(70)82/h5-52H,1-4H3. The molecule has 14 aromatic rings. The molecule has 0 saturated heterocycles. The van der Waals surface area contributed by atoms with Gasteiger partial charge < -0.3 is 9.80 Å². The largest absolute Gasteiger partial charge is 0.310 e. The van der Waals surface area contributed by atoms with Crippen LogP contribution in [0, 0.1) is 27.7 Å². The molecule has 2 nitrogen and oxygen atoms in total. The lowest BCUT2D eigenvalue weighted by atomic mass is 9.67. The van der Waals surface area contributed by atoms with E-state index in [1.165, 1.54) is 121 Å². The van der Waals surface area contributed by atoms with Crippen LogP contribution < -0.4 is 9.80 Å². The molecular formula is C82H60N2. The number of anilines is 6. The highest BCUT2D eigenvalue weighted by molar-refractivity contribution is 6.29. The molecule has 0 aliphatic heterocycles. The lowest BCUT2D eigenvalue weighted by Gasteiger charge is -2.36. The molecule has 2 heteroatoms. The topological polar surface area (TPSA) is 6.48 Å². The average Bonchev–Trinajstić information content (AvgIpc) is 3.64. The van der Waals surface area contributed by atoms with Crippen LogP contribution in [0.15, 0.2) is 291 Å². The SMILES string of the molecule is Cc1ccc(N(c2cccc(C3(c4ccccc4)c4ccccc4-c4ccccc43)c2)c2cc(C)c3ccc4c(N(c5ccccc5)c5cccc(C6(c7cccc(C)c7)c7ccccc7-c7ccccc76)c5)cc(C)c5ccc2c3c54)cc1. The van der Waals surface area contributed by atoms with Crippen molar-refractivity contribution in [2.75, 3.05) is 9.80 Å². The molecule has 0 saturated carbocycles. The fourth-order valence-electron chi connectivity index (χ4n) is 15.2. The molecule has 14 aromatic carbocycles. The van der Waals surface area contributed by atoms with Crippen molar-refractivity contribution in [2.45, 2.75) is 38.5 Å². The summed E-state index contributed by atoms with van der Waals surface area (Å²) in [6.07, 6.45) is 0. The number of hydrogen-bond acceptors (Lipinski definition) is 2. The van der Waals surface area contributed by atoms with Crippen molar-refractivity contribution in [2.24, 2.45) is 0 Å². The highest BCUT2D eigenvalue weighted by Crippen LogP contribution is 2.59. The van der Waals surface area contributed by atoms with Gasteiger partial charge in [0.05, 0.1) is 22.2 Å². The Balaban J connectivity index is 0.924. The summed E-state index contributed by atoms with van der Waals surface area (Å²) in [4.78, 5) is 5.03. The predicted octanol–water partition coefficient (Wildman–Crippen LogP) is 21.5. The van der Waals surface area contributed by atoms with E-state index in [-0.39, 0.29) is 0 Å². The third kappa shape index (κ3) is 7.17. The molecule has 0 bridgehead atoms. The number of nitrogens with zero attached hydrogens (tertiary/aromatic N) is 2. The molecule has 0 fully saturated rings. The number of fused-ring (bicyclic) bond motifs is 6. The van der Waals surface area contributed by atoms with Crippen LogP contribution >= 0.6 is 0 Å². The van der Waals surface area contributed by atoms with Gasteiger partial charge in [0.1, 0.15) is 0 Å². The van der Waals surface area contributed by atoms with Crippen LogP contribution in [0.2, 0.25) is 0 Å². The van der Waals surface area contributed by atoms with Crippen molar-refractivity contribution < 1.29 is 0 Å². The van der Waals surface area contributed by atoms with Crippen LogP contribution in [-0.4, -0.2) is 0 Å². The van der Waals surface area contributed by atoms with Crippen LogP contribution in [0.3, 0.4) is 0 Å². The van der Waals surface area contributed by atoms with E-state index in [1.807, 2.05) is 0 Å². The molecule has 398 valence electrons. The smallest absolute Gasteiger partial charge is 0.0714 e. The van der Waals surface area contributed by atoms with Crippen LogP contribution in [-0.2, 0) is 10.8 Å². The van der Waals surface area contributed by atoms with Crippen LogP contribution in [0.25, 0.3) is 54.6 Å². The maximum Gasteiger partial charge on any atom is 0.0714 e. The molecule has 0 aromatic heterocycles. The summed E-state index contributed by atoms with van der Waals surface area (Å²) in [6.45, 7) is 8.99. The highest BCUT2D eigenvalue weighted by Gasteiger charge is 2.48. The average molecular weight is 1070 g/mol. The molecule has 0 amide bonds. The summed E-state index contributed by atoms with van der Waals surface area (Å²) in [6, 6.07) is 110. The van der Waals surface area contributed by atoms with Crippen molar-refractivity contribution in [1.29, 1.82) is 0 Å². The first kappa shape index (κ1) is 49.5. The van der Waals surface area contributed by atoms with Gasteiger partial charge in [-0.15, -0.1) is 0 Å². The van der Waals surface area contributed by atoms with Gasteiger partial charge in [0.15, 0.2) is 0 Å². The monoisotopic (exact) mass is 1070 g/mol. The zero-order chi connectivity index (χ0) is 56.3. The molecule has 2 aliphatic rings. The first-order valence-corrected chi connectivity index (χ1v) is 29.5. The van der Waals surface area contributed by atoms with E-state index in [0.717, 1.165) is 34.1 Å². The number of benzene rings is 14. The minimum absolute atomic E-state index is 0.548. The Morgan fingerprint density at radius 3 is 1.04 bits per heavy atom. The summed E-state index contributed by atoms with van der Waals surface area (Å²) in [7, 11) is 0. The normalized spacial score (nSPS) is 13.4. The summed E-state index contributed by atoms with van der Waals surface area (Å²) < 4.78 is 0. The Kier molecular flexibility index (Phi) is 11.3. The second kappa shape index (κ2) is 19.2. The molecule has 0 heterocycles. The van der Waals surface area contributed by atoms with Gasteiger partial charge >= 0.3 is 0 Å². The third-order valence-corrected chi connectivity index (χ3v) is 18.7. The second-order valence-electron chi connectivity index (χ2n) is 23.4. The van der Waals surface area contributed by atoms with E-state index >= 15 is 0 Å². The van der Waals surface area contributed by atoms with Gasteiger partial charge in [-0.25, -0.2) is 0 Å². The second-order valence-corrected chi connectivity index (χ2v) is 23.4. The van der Waals surface area contributed by atoms with Gasteiger partial charge in [0.25, 0.3) is 0 Å². The number of hydrogen-bond donors (Lipinski definition) is 0. The summed E-state index contributed by atoms with van der Waals surface area (Å²) >= 11 is 0. The Labute approximate surface area is 492 Å². The van der Waals surface area contributed by atoms with Crippen molar-refractivity contribution in [3.8, 4) is 22.3 Å². The lowest BCUT2D eigenvalue weighted by molar-refractivity contribution is 0.767. The fourth-order valence-corrected chi connectivity index (χ4v) is 15.2. The van der Waals surface area contributed by atoms with E-state index in [1.54, 1.807) is 0 Å². The third-order valence-electron chi connectivity index (χ3n) is 18.7. The zero-order valence-electron chi connectivity index (χ0n) is 47.6. The van der Waals surface area contributed by atoms with Gasteiger partial charge in [-0.3, -0.25) is 0 Å². The summed E-state index contributed by atoms with van der Waals surface area (Å²) in [5, 5.41) is 7.48. The Morgan fingerprint density at radius 2 is 0.583 bits per heavy atom. The molecule has 16 rings (SSSR count). The first-order valence-electron chi connectivity index (χ1n) is 29.5. The van der Waals surface area contributed by atoms with E-state index < -0.39 is 10.8 Å². The first-order chi connectivity index (χ1) is 41.3. The van der Waals surface area contributed by atoms with E-state index in [9.17, 15) is 0 Å². The quantitative estimate of drug-likeness (QED) is 0.126. The predicted molar refractivity (Wildman–Crippen MR) is 353 cm³/mol. The molecule has 0 N–H and O–H groups in total. The molecule has 0 unspecified atom stereocenters. The van der Waals surface area contributed by atoms with E-state index in [4.69, 9.17) is 0 Å². The highest BCUT2D eigenvalue weighted by atomic mass is 15.2. The zero-order valence-corrected chi connectivity index (χ0v) is 47.6. The van der Waals surface area contributed by atoms with E-state index in [0.29, 0.717) is 0 Å². The Bertz CT molecular complexity index is 4810. The fraction of sp³-hybridized carbons (Fsp3) is 0.0732. The van der Waals surface area contributed by atoms with Crippen molar-refractivity contribution >= 4 is 66.4 Å². The van der Waals surface area contributed by atoms with Gasteiger partial charge in [-0.05, 0) is 188 Å². The van der Waals surface area contributed by atoms with Gasteiger partial charge in [0, 0.05) is 33.5 Å². The number of aryl methyl sites for hydroxylation is 4. The van der Waals surface area contributed by atoms with Gasteiger partial charge in [-0.2, -0.15) is 0 Å². The Hall–Kier alpha value is -10.3. The van der Waals surface area contributed by atoms with Gasteiger partial charge in [0.2, 0.25) is 0 Å². The van der Waals surface area contributed by atoms with Gasteiger partial charge in [-0.1, -0.05) is 242 Å². The van der Waals surface area contributed by atoms with E-state index in [2.05, 4.69) is 329 Å². The summed E-state index contributed by atoms with van der Waals surface area (Å²) in [5.41, 5.74) is 25.9. The molecule has 84 heavy (non-hydrogen) atoms.